The topological polar surface area (TPSA) is 42.0 Å². The minimum Gasteiger partial charge on any atom is -0.486 e. The Hall–Kier alpha value is -1.75. The van der Waals surface area contributed by atoms with Crippen molar-refractivity contribution in [2.75, 3.05) is 32.8 Å². The molecule has 2 saturated heterocycles. The zero-order valence-electron chi connectivity index (χ0n) is 14.4. The van der Waals surface area contributed by atoms with Crippen LogP contribution in [0.25, 0.3) is 0 Å². The molecule has 1 aromatic rings. The molecule has 3 aliphatic rings. The number of likely N-dealkylation sites (tertiary alicyclic amines) is 2. The van der Waals surface area contributed by atoms with E-state index in [1.807, 2.05) is 18.2 Å². The van der Waals surface area contributed by atoms with Gasteiger partial charge in [0.15, 0.2) is 11.5 Å². The minimum absolute atomic E-state index is 0.137. The van der Waals surface area contributed by atoms with Crippen molar-refractivity contribution in [3.8, 4) is 11.5 Å². The molecule has 0 unspecified atom stereocenters. The molecule has 5 nitrogen and oxygen atoms in total. The van der Waals surface area contributed by atoms with E-state index >= 15 is 0 Å². The van der Waals surface area contributed by atoms with Gasteiger partial charge in [-0.25, -0.2) is 0 Å². The normalized spacial score (nSPS) is 26.8. The lowest BCUT2D eigenvalue weighted by atomic mass is 10.0. The molecule has 2 fully saturated rings. The van der Waals surface area contributed by atoms with Gasteiger partial charge in [0.25, 0.3) is 5.91 Å². The second-order valence-electron chi connectivity index (χ2n) is 6.90. The maximum Gasteiger partial charge on any atom is 0.254 e. The summed E-state index contributed by atoms with van der Waals surface area (Å²) in [5, 5.41) is 0. The lowest BCUT2D eigenvalue weighted by molar-refractivity contribution is 0.0649. The summed E-state index contributed by atoms with van der Waals surface area (Å²) in [6.07, 6.45) is 4.69. The molecule has 5 heteroatoms. The number of hydrogen-bond donors (Lipinski definition) is 0. The first kappa shape index (κ1) is 15.8. The monoisotopic (exact) mass is 330 g/mol. The molecule has 130 valence electrons. The second kappa shape index (κ2) is 6.63. The molecule has 0 N–H and O–H groups in total. The standard InChI is InChI=1S/C19H26N2O3/c1-2-20-9-3-5-15(20)16-6-4-10-21(16)19(22)14-7-8-17-18(13-14)24-12-11-23-17/h7-8,13,15-16H,2-6,9-12H2,1H3/t15-,16+/m1/s1. The van der Waals surface area contributed by atoms with E-state index in [0.717, 1.165) is 31.7 Å². The van der Waals surface area contributed by atoms with Crippen molar-refractivity contribution in [2.45, 2.75) is 44.7 Å². The molecule has 0 saturated carbocycles. The van der Waals surface area contributed by atoms with Crippen LogP contribution in [0.4, 0.5) is 0 Å². The van der Waals surface area contributed by atoms with Gasteiger partial charge in [0.1, 0.15) is 13.2 Å². The molecule has 0 aromatic heterocycles. The molecule has 1 aromatic carbocycles. The first-order chi connectivity index (χ1) is 11.8. The van der Waals surface area contributed by atoms with Gasteiger partial charge in [-0.2, -0.15) is 0 Å². The Kier molecular flexibility index (Phi) is 4.35. The second-order valence-corrected chi connectivity index (χ2v) is 6.90. The van der Waals surface area contributed by atoms with Gasteiger partial charge in [-0.15, -0.1) is 0 Å². The maximum atomic E-state index is 13.1. The van der Waals surface area contributed by atoms with E-state index < -0.39 is 0 Å². The van der Waals surface area contributed by atoms with Crippen LogP contribution in [-0.4, -0.2) is 60.6 Å². The quantitative estimate of drug-likeness (QED) is 0.854. The molecule has 24 heavy (non-hydrogen) atoms. The van der Waals surface area contributed by atoms with Crippen molar-refractivity contribution < 1.29 is 14.3 Å². The van der Waals surface area contributed by atoms with Crippen molar-refractivity contribution in [3.63, 3.8) is 0 Å². The molecule has 3 heterocycles. The largest absolute Gasteiger partial charge is 0.486 e. The van der Waals surface area contributed by atoms with Crippen molar-refractivity contribution in [1.29, 1.82) is 0 Å². The van der Waals surface area contributed by atoms with E-state index in [2.05, 4.69) is 16.7 Å². The summed E-state index contributed by atoms with van der Waals surface area (Å²) in [6.45, 7) is 6.46. The Bertz CT molecular complexity index is 619. The number of likely N-dealkylation sites (N-methyl/N-ethyl adjacent to an activating group) is 1. The smallest absolute Gasteiger partial charge is 0.254 e. The minimum atomic E-state index is 0.137. The summed E-state index contributed by atoms with van der Waals surface area (Å²) < 4.78 is 11.2. The summed E-state index contributed by atoms with van der Waals surface area (Å²) in [6, 6.07) is 6.46. The van der Waals surface area contributed by atoms with E-state index in [4.69, 9.17) is 9.47 Å². The Morgan fingerprint density at radius 1 is 1.08 bits per heavy atom. The zero-order chi connectivity index (χ0) is 16.5. The van der Waals surface area contributed by atoms with Crippen LogP contribution in [0.1, 0.15) is 43.0 Å². The molecular formula is C19H26N2O3. The van der Waals surface area contributed by atoms with Crippen molar-refractivity contribution >= 4 is 5.91 Å². The molecule has 0 aliphatic carbocycles. The van der Waals surface area contributed by atoms with Gasteiger partial charge in [-0.3, -0.25) is 9.69 Å². The van der Waals surface area contributed by atoms with Gasteiger partial charge >= 0.3 is 0 Å². The predicted molar refractivity (Wildman–Crippen MR) is 91.8 cm³/mol. The zero-order valence-corrected chi connectivity index (χ0v) is 14.4. The average Bonchev–Trinajstić information content (AvgIpc) is 3.28. The van der Waals surface area contributed by atoms with Crippen molar-refractivity contribution in [2.24, 2.45) is 0 Å². The van der Waals surface area contributed by atoms with Gasteiger partial charge in [-0.05, 0) is 57.0 Å². The Balaban J connectivity index is 1.55. The highest BCUT2D eigenvalue weighted by molar-refractivity contribution is 5.95. The third-order valence-electron chi connectivity index (χ3n) is 5.61. The number of fused-ring (bicyclic) bond motifs is 1. The third kappa shape index (κ3) is 2.75. The molecule has 0 radical (unpaired) electrons. The summed E-state index contributed by atoms with van der Waals surface area (Å²) in [4.78, 5) is 17.7. The Morgan fingerprint density at radius 2 is 1.83 bits per heavy atom. The van der Waals surface area contributed by atoms with E-state index in [1.54, 1.807) is 0 Å². The van der Waals surface area contributed by atoms with Crippen LogP contribution < -0.4 is 9.47 Å². The molecule has 1 amide bonds. The number of carbonyl (C=O) groups excluding carboxylic acids is 1. The maximum absolute atomic E-state index is 13.1. The summed E-state index contributed by atoms with van der Waals surface area (Å²) >= 11 is 0. The summed E-state index contributed by atoms with van der Waals surface area (Å²) in [7, 11) is 0. The summed E-state index contributed by atoms with van der Waals surface area (Å²) in [5.41, 5.74) is 0.715. The number of hydrogen-bond acceptors (Lipinski definition) is 4. The van der Waals surface area contributed by atoms with Gasteiger partial charge < -0.3 is 14.4 Å². The number of benzene rings is 1. The van der Waals surface area contributed by atoms with Crippen molar-refractivity contribution in [1.82, 2.24) is 9.80 Å². The number of nitrogens with zero attached hydrogens (tertiary/aromatic N) is 2. The third-order valence-corrected chi connectivity index (χ3v) is 5.61. The number of amides is 1. The van der Waals surface area contributed by atoms with E-state index in [1.165, 1.54) is 19.4 Å². The predicted octanol–water partition coefficient (Wildman–Crippen LogP) is 2.55. The van der Waals surface area contributed by atoms with E-state index in [0.29, 0.717) is 36.6 Å². The number of carbonyl (C=O) groups is 1. The fourth-order valence-electron chi connectivity index (χ4n) is 4.47. The highest BCUT2D eigenvalue weighted by Crippen LogP contribution is 2.34. The average molecular weight is 330 g/mol. The highest BCUT2D eigenvalue weighted by atomic mass is 16.6. The molecule has 2 atom stereocenters. The van der Waals surface area contributed by atoms with Crippen LogP contribution >= 0.6 is 0 Å². The van der Waals surface area contributed by atoms with Gasteiger partial charge in [-0.1, -0.05) is 6.92 Å². The van der Waals surface area contributed by atoms with Crippen LogP contribution in [0.15, 0.2) is 18.2 Å². The fraction of sp³-hybridized carbons (Fsp3) is 0.632. The Morgan fingerprint density at radius 3 is 2.67 bits per heavy atom. The molecular weight excluding hydrogens is 304 g/mol. The van der Waals surface area contributed by atoms with Crippen LogP contribution in [0.2, 0.25) is 0 Å². The fourth-order valence-corrected chi connectivity index (χ4v) is 4.47. The number of ether oxygens (including phenoxy) is 2. The van der Waals surface area contributed by atoms with E-state index in [-0.39, 0.29) is 5.91 Å². The highest BCUT2D eigenvalue weighted by Gasteiger charge is 2.39. The first-order valence-corrected chi connectivity index (χ1v) is 9.22. The number of rotatable bonds is 3. The van der Waals surface area contributed by atoms with Crippen LogP contribution in [0, 0.1) is 0 Å². The van der Waals surface area contributed by atoms with Gasteiger partial charge in [0, 0.05) is 24.2 Å². The first-order valence-electron chi connectivity index (χ1n) is 9.22. The summed E-state index contributed by atoms with van der Waals surface area (Å²) in [5.74, 6) is 1.57. The lowest BCUT2D eigenvalue weighted by Crippen LogP contribution is -2.48. The Labute approximate surface area is 143 Å². The van der Waals surface area contributed by atoms with Crippen LogP contribution in [0.5, 0.6) is 11.5 Å². The van der Waals surface area contributed by atoms with Gasteiger partial charge in [0.2, 0.25) is 0 Å². The van der Waals surface area contributed by atoms with Crippen LogP contribution in [0.3, 0.4) is 0 Å². The molecule has 0 bridgehead atoms. The molecule has 4 rings (SSSR count). The van der Waals surface area contributed by atoms with Crippen LogP contribution in [-0.2, 0) is 0 Å². The molecule has 0 spiro atoms. The van der Waals surface area contributed by atoms with E-state index in [9.17, 15) is 4.79 Å². The SMILES string of the molecule is CCN1CCC[C@@H]1[C@@H]1CCCN1C(=O)c1ccc2c(c1)OCCO2. The molecule has 3 aliphatic heterocycles. The van der Waals surface area contributed by atoms with Gasteiger partial charge in [0.05, 0.1) is 0 Å². The van der Waals surface area contributed by atoms with Crippen molar-refractivity contribution in [3.05, 3.63) is 23.8 Å². The lowest BCUT2D eigenvalue weighted by Gasteiger charge is -2.34.